The lowest BCUT2D eigenvalue weighted by Crippen LogP contribution is -2.32. The number of ether oxygens (including phenoxy) is 1. The van der Waals surface area contributed by atoms with Crippen molar-refractivity contribution < 1.29 is 14.3 Å². The quantitative estimate of drug-likeness (QED) is 0.481. The fourth-order valence-corrected chi connectivity index (χ4v) is 2.78. The van der Waals surface area contributed by atoms with Crippen LogP contribution < -0.4 is 21.2 Å². The van der Waals surface area contributed by atoms with Gasteiger partial charge in [-0.3, -0.25) is 9.59 Å². The fraction of sp³-hybridized carbons (Fsp3) is 0.423. The molecule has 0 aliphatic carbocycles. The zero-order chi connectivity index (χ0) is 24.7. The van der Waals surface area contributed by atoms with Crippen molar-refractivity contribution in [3.63, 3.8) is 0 Å². The standard InChI is InChI=1S/C19H20N4O3.3C2H6.CH4/c1-11-9-17(24)22-23-18(11)13-5-8-16(15(20)10-13)21-19(25)12-3-6-14(26-2)7-4-12;3*1-2;/h3-8,10-11H,9,20H2,1-2H3,(H,21,25)(H,22,24);3*1-2H3;1H4. The summed E-state index contributed by atoms with van der Waals surface area (Å²) < 4.78 is 5.08. The molecule has 7 nitrogen and oxygen atoms in total. The third-order valence-electron chi connectivity index (χ3n) is 4.21. The molecule has 0 radical (unpaired) electrons. The number of anilines is 2. The molecular weight excluding hydrogens is 416 g/mol. The highest BCUT2D eigenvalue weighted by Crippen LogP contribution is 2.24. The summed E-state index contributed by atoms with van der Waals surface area (Å²) in [6.07, 6.45) is 0.384. The van der Waals surface area contributed by atoms with Crippen LogP contribution in [0.2, 0.25) is 0 Å². The topological polar surface area (TPSA) is 106 Å². The van der Waals surface area contributed by atoms with E-state index >= 15 is 0 Å². The van der Waals surface area contributed by atoms with E-state index in [4.69, 9.17) is 10.5 Å². The lowest BCUT2D eigenvalue weighted by atomic mass is 9.93. The fourth-order valence-electron chi connectivity index (χ4n) is 2.78. The molecule has 2 aromatic rings. The molecule has 7 heteroatoms. The van der Waals surface area contributed by atoms with E-state index in [-0.39, 0.29) is 25.2 Å². The molecule has 1 aliphatic heterocycles. The number of benzene rings is 2. The molecule has 0 fully saturated rings. The molecule has 4 N–H and O–H groups in total. The Morgan fingerprint density at radius 3 is 2.12 bits per heavy atom. The number of nitrogens with two attached hydrogens (primary N) is 1. The van der Waals surface area contributed by atoms with Gasteiger partial charge in [0.25, 0.3) is 5.91 Å². The average Bonchev–Trinajstić information content (AvgIpc) is 2.84. The Hall–Kier alpha value is -3.35. The van der Waals surface area contributed by atoms with Crippen LogP contribution in [0.4, 0.5) is 11.4 Å². The Kier molecular flexibility index (Phi) is 16.6. The molecule has 0 aromatic heterocycles. The summed E-state index contributed by atoms with van der Waals surface area (Å²) in [5.41, 5.74) is 11.6. The molecular formula is C26H42N4O3. The smallest absolute Gasteiger partial charge is 0.255 e. The predicted octanol–water partition coefficient (Wildman–Crippen LogP) is 6.10. The second kappa shape index (κ2) is 17.2. The number of methoxy groups -OCH3 is 1. The minimum atomic E-state index is -0.261. The molecule has 3 rings (SSSR count). The highest BCUT2D eigenvalue weighted by molar-refractivity contribution is 6.08. The van der Waals surface area contributed by atoms with E-state index < -0.39 is 0 Å². The van der Waals surface area contributed by atoms with Crippen LogP contribution in [-0.4, -0.2) is 24.6 Å². The highest BCUT2D eigenvalue weighted by Gasteiger charge is 2.22. The molecule has 0 saturated carbocycles. The van der Waals surface area contributed by atoms with Gasteiger partial charge in [0, 0.05) is 23.5 Å². The number of carbonyl (C=O) groups is 2. The van der Waals surface area contributed by atoms with Crippen LogP contribution in [0.15, 0.2) is 47.6 Å². The van der Waals surface area contributed by atoms with E-state index in [0.29, 0.717) is 29.1 Å². The number of hydrazone groups is 1. The van der Waals surface area contributed by atoms with Gasteiger partial charge in [-0.2, -0.15) is 5.10 Å². The maximum atomic E-state index is 12.4. The summed E-state index contributed by atoms with van der Waals surface area (Å²) in [5.74, 6) is 0.322. The molecule has 1 heterocycles. The zero-order valence-corrected chi connectivity index (χ0v) is 20.6. The molecule has 2 aromatic carbocycles. The average molecular weight is 459 g/mol. The summed E-state index contributed by atoms with van der Waals surface area (Å²) in [4.78, 5) is 23.7. The molecule has 0 bridgehead atoms. The summed E-state index contributed by atoms with van der Waals surface area (Å²) >= 11 is 0. The van der Waals surface area contributed by atoms with Gasteiger partial charge in [-0.05, 0) is 36.4 Å². The number of hydrogen-bond donors (Lipinski definition) is 3. The summed E-state index contributed by atoms with van der Waals surface area (Å²) in [6, 6.07) is 12.1. The van der Waals surface area contributed by atoms with Gasteiger partial charge in [-0.1, -0.05) is 62.0 Å². The molecule has 1 aliphatic rings. The van der Waals surface area contributed by atoms with E-state index in [1.54, 1.807) is 43.5 Å². The molecule has 184 valence electrons. The lowest BCUT2D eigenvalue weighted by Gasteiger charge is -2.20. The Bertz CT molecular complexity index is 878. The van der Waals surface area contributed by atoms with Crippen LogP contribution in [-0.2, 0) is 4.79 Å². The SMILES string of the molecule is C.CC.CC.CC.COc1ccc(C(=O)Nc2ccc(C3=NNC(=O)CC3C)cc2N)cc1. The van der Waals surface area contributed by atoms with E-state index in [0.717, 1.165) is 11.3 Å². The van der Waals surface area contributed by atoms with Crippen LogP contribution >= 0.6 is 0 Å². The van der Waals surface area contributed by atoms with Crippen LogP contribution in [0.25, 0.3) is 0 Å². The number of nitrogen functional groups attached to an aromatic ring is 1. The number of amides is 2. The van der Waals surface area contributed by atoms with Crippen molar-refractivity contribution in [3.8, 4) is 5.75 Å². The maximum absolute atomic E-state index is 12.4. The molecule has 0 spiro atoms. The Balaban J connectivity index is 0. The normalized spacial score (nSPS) is 13.5. The van der Waals surface area contributed by atoms with E-state index in [2.05, 4.69) is 15.8 Å². The molecule has 0 saturated heterocycles. The second-order valence-electron chi connectivity index (χ2n) is 6.12. The van der Waals surface area contributed by atoms with Gasteiger partial charge < -0.3 is 15.8 Å². The van der Waals surface area contributed by atoms with E-state index in [1.807, 2.05) is 54.5 Å². The predicted molar refractivity (Wildman–Crippen MR) is 141 cm³/mol. The maximum Gasteiger partial charge on any atom is 0.255 e. The van der Waals surface area contributed by atoms with Crippen molar-refractivity contribution in [3.05, 3.63) is 53.6 Å². The van der Waals surface area contributed by atoms with Crippen molar-refractivity contribution in [1.82, 2.24) is 5.43 Å². The van der Waals surface area contributed by atoms with Gasteiger partial charge in [0.1, 0.15) is 5.75 Å². The zero-order valence-electron chi connectivity index (χ0n) is 20.6. The van der Waals surface area contributed by atoms with Crippen LogP contribution in [0.1, 0.15) is 78.2 Å². The third kappa shape index (κ3) is 9.35. The van der Waals surface area contributed by atoms with E-state index in [1.165, 1.54) is 0 Å². The van der Waals surface area contributed by atoms with Crippen molar-refractivity contribution in [2.24, 2.45) is 11.0 Å². The van der Waals surface area contributed by atoms with E-state index in [9.17, 15) is 9.59 Å². The number of nitrogens with zero attached hydrogens (tertiary/aromatic N) is 1. The Labute approximate surface area is 199 Å². The van der Waals surface area contributed by atoms with Crippen LogP contribution in [0.3, 0.4) is 0 Å². The number of nitrogens with one attached hydrogen (secondary N) is 2. The molecule has 33 heavy (non-hydrogen) atoms. The molecule has 1 atom stereocenters. The first-order valence-corrected chi connectivity index (χ1v) is 11.2. The van der Waals surface area contributed by atoms with Crippen molar-refractivity contribution in [2.75, 3.05) is 18.2 Å². The minimum absolute atomic E-state index is 0. The van der Waals surface area contributed by atoms with Gasteiger partial charge in [0.05, 0.1) is 24.2 Å². The van der Waals surface area contributed by atoms with Gasteiger partial charge in [0.2, 0.25) is 5.91 Å². The van der Waals surface area contributed by atoms with Crippen molar-refractivity contribution in [1.29, 1.82) is 0 Å². The first kappa shape index (κ1) is 31.8. The molecule has 1 unspecified atom stereocenters. The van der Waals surface area contributed by atoms with Gasteiger partial charge >= 0.3 is 0 Å². The monoisotopic (exact) mass is 458 g/mol. The number of rotatable bonds is 4. The number of carbonyl (C=O) groups excluding carboxylic acids is 2. The van der Waals surface area contributed by atoms with Crippen molar-refractivity contribution in [2.45, 2.75) is 62.3 Å². The highest BCUT2D eigenvalue weighted by atomic mass is 16.5. The second-order valence-corrected chi connectivity index (χ2v) is 6.12. The largest absolute Gasteiger partial charge is 0.497 e. The van der Waals surface area contributed by atoms with Gasteiger partial charge in [-0.15, -0.1) is 0 Å². The first-order chi connectivity index (χ1) is 15.5. The summed E-state index contributed by atoms with van der Waals surface area (Å²) in [6.45, 7) is 13.9. The van der Waals surface area contributed by atoms with Crippen LogP contribution in [0.5, 0.6) is 5.75 Å². The Morgan fingerprint density at radius 1 is 1.06 bits per heavy atom. The lowest BCUT2D eigenvalue weighted by molar-refractivity contribution is -0.121. The van der Waals surface area contributed by atoms with Gasteiger partial charge in [-0.25, -0.2) is 5.43 Å². The summed E-state index contributed by atoms with van der Waals surface area (Å²) in [5, 5.41) is 6.92. The minimum Gasteiger partial charge on any atom is -0.497 e. The Morgan fingerprint density at radius 2 is 1.64 bits per heavy atom. The van der Waals surface area contributed by atoms with Crippen molar-refractivity contribution >= 4 is 28.9 Å². The third-order valence-corrected chi connectivity index (χ3v) is 4.21. The van der Waals surface area contributed by atoms with Crippen LogP contribution in [0, 0.1) is 5.92 Å². The molecule has 2 amide bonds. The number of hydrogen-bond acceptors (Lipinski definition) is 5. The summed E-state index contributed by atoms with van der Waals surface area (Å²) in [7, 11) is 1.57. The first-order valence-electron chi connectivity index (χ1n) is 11.2. The van der Waals surface area contributed by atoms with Gasteiger partial charge in [0.15, 0.2) is 0 Å².